The first-order valence-corrected chi connectivity index (χ1v) is 5.87. The zero-order valence-corrected chi connectivity index (χ0v) is 10.3. The Bertz CT molecular complexity index is 521. The van der Waals surface area contributed by atoms with Crippen LogP contribution in [0.2, 0.25) is 0 Å². The van der Waals surface area contributed by atoms with E-state index in [2.05, 4.69) is 10.3 Å². The zero-order valence-electron chi connectivity index (χ0n) is 10.3. The van der Waals surface area contributed by atoms with Crippen LogP contribution in [0.5, 0.6) is 0 Å². The Hall–Kier alpha value is -2.04. The van der Waals surface area contributed by atoms with Crippen LogP contribution in [0.4, 0.5) is 19.0 Å². The van der Waals surface area contributed by atoms with Gasteiger partial charge in [-0.15, -0.1) is 0 Å². The van der Waals surface area contributed by atoms with Gasteiger partial charge in [0.2, 0.25) is 0 Å². The number of aromatic amines is 1. The third-order valence-corrected chi connectivity index (χ3v) is 2.81. The Morgan fingerprint density at radius 3 is 2.26 bits per heavy atom. The molecule has 0 saturated carbocycles. The maximum atomic E-state index is 12.4. The lowest BCUT2D eigenvalue weighted by Gasteiger charge is -2.10. The monoisotopic (exact) mass is 267 g/mol. The minimum absolute atomic E-state index is 0.00851. The predicted molar refractivity (Wildman–Crippen MR) is 66.5 cm³/mol. The van der Waals surface area contributed by atoms with Gasteiger partial charge in [0.15, 0.2) is 0 Å². The van der Waals surface area contributed by atoms with Gasteiger partial charge in [-0.25, -0.2) is 4.98 Å². The smallest absolute Gasteiger partial charge is 0.268 e. The van der Waals surface area contributed by atoms with E-state index in [4.69, 9.17) is 0 Å². The van der Waals surface area contributed by atoms with Crippen molar-refractivity contribution in [3.8, 4) is 0 Å². The second kappa shape index (κ2) is 5.30. The fourth-order valence-electron chi connectivity index (χ4n) is 1.75. The fraction of sp³-hybridized carbons (Fsp3) is 0.214. The quantitative estimate of drug-likeness (QED) is 0.901. The molecule has 1 atom stereocenters. The lowest BCUT2D eigenvalue weighted by Crippen LogP contribution is -2.18. The van der Waals surface area contributed by atoms with Crippen LogP contribution in [-0.4, -0.2) is 0 Å². The minimum atomic E-state index is -4.32. The minimum Gasteiger partial charge on any atom is -0.268 e. The highest BCUT2D eigenvalue weighted by Crippen LogP contribution is 2.28. The first-order valence-electron chi connectivity index (χ1n) is 5.87. The highest BCUT2D eigenvalue weighted by Gasteiger charge is 2.31. The van der Waals surface area contributed by atoms with Crippen LogP contribution in [0.15, 0.2) is 48.7 Å². The normalized spacial score (nSPS) is 13.1. The molecule has 100 valence electrons. The topological polar surface area (TPSA) is 26.2 Å². The summed E-state index contributed by atoms with van der Waals surface area (Å²) in [6.07, 6.45) is -3.36. The molecule has 0 amide bonds. The Balaban J connectivity index is 2.08. The van der Waals surface area contributed by atoms with E-state index in [1.807, 2.05) is 37.3 Å². The van der Waals surface area contributed by atoms with Gasteiger partial charge < -0.3 is 0 Å². The van der Waals surface area contributed by atoms with Crippen molar-refractivity contribution < 1.29 is 18.2 Å². The molecule has 0 bridgehead atoms. The highest BCUT2D eigenvalue weighted by molar-refractivity contribution is 5.34. The molecular formula is C14H14F3N2+. The van der Waals surface area contributed by atoms with Crippen LogP contribution in [0.3, 0.4) is 0 Å². The Labute approximate surface area is 109 Å². The third-order valence-electron chi connectivity index (χ3n) is 2.81. The van der Waals surface area contributed by atoms with Crippen LogP contribution in [-0.2, 0) is 6.18 Å². The summed E-state index contributed by atoms with van der Waals surface area (Å²) in [7, 11) is 0. The van der Waals surface area contributed by atoms with Crippen molar-refractivity contribution in [3.63, 3.8) is 0 Å². The number of aromatic nitrogens is 1. The average Bonchev–Trinajstić information content (AvgIpc) is 2.39. The molecule has 1 aromatic carbocycles. The number of halogens is 3. The largest absolute Gasteiger partial charge is 0.419 e. The summed E-state index contributed by atoms with van der Waals surface area (Å²) in [5.41, 5.74) is 0.376. The van der Waals surface area contributed by atoms with Crippen LogP contribution < -0.4 is 10.3 Å². The summed E-state index contributed by atoms with van der Waals surface area (Å²) in [6.45, 7) is 1.95. The molecule has 0 aliphatic heterocycles. The molecule has 0 aliphatic carbocycles. The van der Waals surface area contributed by atoms with Gasteiger partial charge in [0.25, 0.3) is 5.82 Å². The number of anilines is 1. The van der Waals surface area contributed by atoms with E-state index in [9.17, 15) is 13.2 Å². The lowest BCUT2D eigenvalue weighted by molar-refractivity contribution is -0.365. The van der Waals surface area contributed by atoms with Gasteiger partial charge in [-0.2, -0.15) is 13.2 Å². The molecule has 19 heavy (non-hydrogen) atoms. The van der Waals surface area contributed by atoms with E-state index < -0.39 is 11.7 Å². The van der Waals surface area contributed by atoms with Gasteiger partial charge in [-0.05, 0) is 18.6 Å². The first kappa shape index (κ1) is 13.4. The number of rotatable bonds is 3. The van der Waals surface area contributed by atoms with E-state index in [0.29, 0.717) is 5.82 Å². The van der Waals surface area contributed by atoms with Crippen molar-refractivity contribution in [2.75, 3.05) is 5.32 Å². The summed E-state index contributed by atoms with van der Waals surface area (Å²) in [5, 5.41) is 3.11. The molecule has 1 heterocycles. The lowest BCUT2D eigenvalue weighted by atomic mass is 10.1. The molecule has 0 spiro atoms. The molecule has 2 nitrogen and oxygen atoms in total. The molecule has 5 heteroatoms. The van der Waals surface area contributed by atoms with Crippen molar-refractivity contribution in [1.29, 1.82) is 0 Å². The van der Waals surface area contributed by atoms with Crippen LogP contribution in [0.1, 0.15) is 24.1 Å². The molecular weight excluding hydrogens is 253 g/mol. The molecule has 2 rings (SSSR count). The van der Waals surface area contributed by atoms with Gasteiger partial charge in [0.05, 0.1) is 5.56 Å². The summed E-state index contributed by atoms with van der Waals surface area (Å²) in [6, 6.07) is 12.1. The van der Waals surface area contributed by atoms with E-state index >= 15 is 0 Å². The maximum Gasteiger partial charge on any atom is 0.419 e. The summed E-state index contributed by atoms with van der Waals surface area (Å²) < 4.78 is 37.2. The van der Waals surface area contributed by atoms with Gasteiger partial charge >= 0.3 is 6.18 Å². The predicted octanol–water partition coefficient (Wildman–Crippen LogP) is 3.69. The summed E-state index contributed by atoms with van der Waals surface area (Å²) >= 11 is 0. The van der Waals surface area contributed by atoms with Crippen molar-refractivity contribution in [1.82, 2.24) is 0 Å². The molecule has 0 unspecified atom stereocenters. The van der Waals surface area contributed by atoms with Crippen molar-refractivity contribution in [2.45, 2.75) is 19.1 Å². The molecule has 1 aromatic heterocycles. The van der Waals surface area contributed by atoms with E-state index in [1.165, 1.54) is 6.07 Å². The molecule has 0 fully saturated rings. The molecule has 2 N–H and O–H groups in total. The first-order chi connectivity index (χ1) is 8.97. The van der Waals surface area contributed by atoms with Crippen molar-refractivity contribution in [2.24, 2.45) is 0 Å². The van der Waals surface area contributed by atoms with Gasteiger partial charge in [-0.1, -0.05) is 30.3 Å². The number of hydrogen-bond donors (Lipinski definition) is 1. The fourth-order valence-corrected chi connectivity index (χ4v) is 1.75. The van der Waals surface area contributed by atoms with Crippen molar-refractivity contribution in [3.05, 3.63) is 59.8 Å². The van der Waals surface area contributed by atoms with Crippen molar-refractivity contribution >= 4 is 5.82 Å². The number of hydrogen-bond acceptors (Lipinski definition) is 1. The number of H-pyrrole nitrogens is 1. The number of pyridine rings is 1. The second-order valence-electron chi connectivity index (χ2n) is 4.27. The van der Waals surface area contributed by atoms with E-state index in [0.717, 1.165) is 17.8 Å². The number of nitrogens with one attached hydrogen (secondary N) is 2. The highest BCUT2D eigenvalue weighted by atomic mass is 19.4. The number of benzene rings is 1. The molecule has 2 aromatic rings. The maximum absolute atomic E-state index is 12.4. The number of alkyl halides is 3. The molecule has 0 radical (unpaired) electrons. The average molecular weight is 267 g/mol. The van der Waals surface area contributed by atoms with E-state index in [1.54, 1.807) is 0 Å². The SMILES string of the molecule is C[C@H](Nc1ccc(C(F)(F)F)c[nH+]1)c1ccccc1. The standard InChI is InChI=1S/C14H13F3N2/c1-10(11-5-3-2-4-6-11)19-13-8-7-12(9-18-13)14(15,16)17/h2-10H,1H3,(H,18,19)/p+1/t10-/m0/s1. The summed E-state index contributed by atoms with van der Waals surface area (Å²) in [5.74, 6) is 0.546. The van der Waals surface area contributed by atoms with Crippen LogP contribution in [0.25, 0.3) is 0 Å². The van der Waals surface area contributed by atoms with Crippen LogP contribution >= 0.6 is 0 Å². The molecule has 0 saturated heterocycles. The van der Waals surface area contributed by atoms with E-state index in [-0.39, 0.29) is 6.04 Å². The summed E-state index contributed by atoms with van der Waals surface area (Å²) in [4.78, 5) is 2.61. The van der Waals surface area contributed by atoms with Gasteiger partial charge in [-0.3, -0.25) is 5.32 Å². The zero-order chi connectivity index (χ0) is 13.9. The van der Waals surface area contributed by atoms with Crippen LogP contribution in [0, 0.1) is 0 Å². The Kier molecular flexibility index (Phi) is 3.74. The Morgan fingerprint density at radius 2 is 1.74 bits per heavy atom. The Morgan fingerprint density at radius 1 is 1.05 bits per heavy atom. The second-order valence-corrected chi connectivity index (χ2v) is 4.27. The third kappa shape index (κ3) is 3.47. The van der Waals surface area contributed by atoms with Gasteiger partial charge in [0.1, 0.15) is 12.2 Å². The van der Waals surface area contributed by atoms with Gasteiger partial charge in [0, 0.05) is 6.07 Å². The molecule has 0 aliphatic rings.